The molecule has 0 amide bonds. The zero-order valence-electron chi connectivity index (χ0n) is 33.1. The van der Waals surface area contributed by atoms with Gasteiger partial charge in [-0.15, -0.1) is 11.3 Å². The summed E-state index contributed by atoms with van der Waals surface area (Å²) in [7, 11) is 0. The van der Waals surface area contributed by atoms with Crippen LogP contribution in [0.4, 0.5) is 17.1 Å². The van der Waals surface area contributed by atoms with Crippen LogP contribution in [0.3, 0.4) is 0 Å². The Balaban J connectivity index is 0.900. The van der Waals surface area contributed by atoms with E-state index in [9.17, 15) is 0 Å². The van der Waals surface area contributed by atoms with Crippen molar-refractivity contribution >= 4 is 81.3 Å². The fourth-order valence-electron chi connectivity index (χ4n) is 8.91. The maximum Gasteiger partial charge on any atom is 0.135 e. The van der Waals surface area contributed by atoms with Gasteiger partial charge in [-0.1, -0.05) is 146 Å². The van der Waals surface area contributed by atoms with Gasteiger partial charge in [-0.2, -0.15) is 0 Å². The Morgan fingerprint density at radius 1 is 0.279 bits per heavy atom. The number of fused-ring (bicyclic) bond motifs is 7. The third-order valence-corrected chi connectivity index (χ3v) is 13.2. The quantitative estimate of drug-likeness (QED) is 0.160. The number of furan rings is 1. The highest BCUT2D eigenvalue weighted by atomic mass is 32.1. The minimum Gasteiger partial charge on any atom is -0.456 e. The minimum atomic E-state index is 0.906. The zero-order chi connectivity index (χ0) is 40.3. The van der Waals surface area contributed by atoms with Crippen molar-refractivity contribution in [1.82, 2.24) is 0 Å². The summed E-state index contributed by atoms with van der Waals surface area (Å²) in [5, 5.41) is 7.42. The van der Waals surface area contributed by atoms with E-state index in [1.54, 1.807) is 0 Å². The molecule has 0 N–H and O–H groups in total. The predicted octanol–water partition coefficient (Wildman–Crippen LogP) is 17.2. The van der Waals surface area contributed by atoms with Crippen molar-refractivity contribution in [2.45, 2.75) is 0 Å². The fraction of sp³-hybridized carbons (Fsp3) is 0. The molecule has 2 nitrogen and oxygen atoms in total. The first-order valence-corrected chi connectivity index (χ1v) is 21.5. The van der Waals surface area contributed by atoms with Crippen molar-refractivity contribution in [3.63, 3.8) is 0 Å². The largest absolute Gasteiger partial charge is 0.456 e. The molecule has 286 valence electrons. The fourth-order valence-corrected chi connectivity index (χ4v) is 10.1. The normalized spacial score (nSPS) is 11.6. The van der Waals surface area contributed by atoms with Crippen LogP contribution < -0.4 is 4.90 Å². The number of nitrogens with zero attached hydrogens (tertiary/aromatic N) is 1. The summed E-state index contributed by atoms with van der Waals surface area (Å²) in [6, 6.07) is 81.3. The van der Waals surface area contributed by atoms with E-state index < -0.39 is 0 Å². The van der Waals surface area contributed by atoms with Crippen molar-refractivity contribution in [2.24, 2.45) is 0 Å². The standard InChI is InChI=1S/C58H37NOS/c1-2-9-42-35-45(17-16-38(42)8-1)44-11-7-10-43(34-44)39-18-26-48(27-19-39)59(49-28-20-40(21-29-49)46-25-33-56-54(36-46)51-12-3-5-14-55(51)60-56)50-30-22-41(23-31-50)47-24-32-53-52-13-4-6-15-57(52)61-58(53)37-47/h1-37H. The molecule has 3 heteroatoms. The van der Waals surface area contributed by atoms with Gasteiger partial charge >= 0.3 is 0 Å². The molecule has 0 radical (unpaired) electrons. The lowest BCUT2D eigenvalue weighted by Crippen LogP contribution is -2.09. The van der Waals surface area contributed by atoms with Crippen LogP contribution in [0.15, 0.2) is 229 Å². The number of rotatable bonds is 7. The second kappa shape index (κ2) is 14.5. The molecule has 0 atom stereocenters. The van der Waals surface area contributed by atoms with Crippen molar-refractivity contribution < 1.29 is 4.42 Å². The van der Waals surface area contributed by atoms with E-state index in [1.807, 2.05) is 23.5 Å². The van der Waals surface area contributed by atoms with Gasteiger partial charge in [0.15, 0.2) is 0 Å². The van der Waals surface area contributed by atoms with Crippen LogP contribution in [0.2, 0.25) is 0 Å². The maximum absolute atomic E-state index is 6.13. The van der Waals surface area contributed by atoms with Gasteiger partial charge in [0.25, 0.3) is 0 Å². The molecule has 0 aliphatic rings. The van der Waals surface area contributed by atoms with E-state index in [0.29, 0.717) is 0 Å². The van der Waals surface area contributed by atoms with E-state index in [0.717, 1.165) is 50.1 Å². The van der Waals surface area contributed by atoms with Crippen LogP contribution in [-0.4, -0.2) is 0 Å². The van der Waals surface area contributed by atoms with Gasteiger partial charge in [0, 0.05) is 48.0 Å². The van der Waals surface area contributed by atoms with Gasteiger partial charge in [0.2, 0.25) is 0 Å². The van der Waals surface area contributed by atoms with E-state index in [-0.39, 0.29) is 0 Å². The third-order valence-electron chi connectivity index (χ3n) is 12.1. The lowest BCUT2D eigenvalue weighted by molar-refractivity contribution is 0.669. The van der Waals surface area contributed by atoms with Gasteiger partial charge in [-0.05, 0) is 134 Å². The Kier molecular flexibility index (Phi) is 8.39. The summed E-state index contributed by atoms with van der Waals surface area (Å²) < 4.78 is 8.77. The first-order chi connectivity index (χ1) is 30.2. The number of thiophene rings is 1. The van der Waals surface area contributed by atoms with Crippen molar-refractivity contribution in [3.05, 3.63) is 224 Å². The van der Waals surface area contributed by atoms with E-state index in [2.05, 4.69) is 217 Å². The molecule has 2 aromatic heterocycles. The second-order valence-corrected chi connectivity index (χ2v) is 16.8. The first kappa shape index (κ1) is 35.2. The van der Waals surface area contributed by atoms with Gasteiger partial charge in [0.1, 0.15) is 11.2 Å². The molecule has 0 bridgehead atoms. The molecule has 12 rings (SSSR count). The van der Waals surface area contributed by atoms with Crippen LogP contribution in [0.25, 0.3) is 97.4 Å². The molecule has 0 aliphatic heterocycles. The average molecular weight is 796 g/mol. The summed E-state index contributed by atoms with van der Waals surface area (Å²) in [5.41, 5.74) is 14.6. The lowest BCUT2D eigenvalue weighted by atomic mass is 9.97. The minimum absolute atomic E-state index is 0.906. The number of anilines is 3. The number of para-hydroxylation sites is 1. The molecule has 0 saturated heterocycles. The van der Waals surface area contributed by atoms with Gasteiger partial charge in [-0.25, -0.2) is 0 Å². The highest BCUT2D eigenvalue weighted by Gasteiger charge is 2.16. The van der Waals surface area contributed by atoms with E-state index >= 15 is 0 Å². The molecular weight excluding hydrogens is 759 g/mol. The Morgan fingerprint density at radius 3 is 1.49 bits per heavy atom. The summed E-state index contributed by atoms with van der Waals surface area (Å²) in [6.07, 6.45) is 0. The number of hydrogen-bond donors (Lipinski definition) is 0. The van der Waals surface area contributed by atoms with Crippen LogP contribution in [0.5, 0.6) is 0 Å². The molecule has 10 aromatic carbocycles. The molecule has 12 aromatic rings. The predicted molar refractivity (Wildman–Crippen MR) is 261 cm³/mol. The SMILES string of the molecule is c1cc(-c2ccc(N(c3ccc(-c4ccc5c(c4)sc4ccccc45)cc3)c3ccc(-c4ccc5oc6ccccc6c5c4)cc3)cc2)cc(-c2ccc3ccccc3c2)c1. The maximum atomic E-state index is 6.13. The molecule has 61 heavy (non-hydrogen) atoms. The molecule has 0 saturated carbocycles. The smallest absolute Gasteiger partial charge is 0.135 e. The van der Waals surface area contributed by atoms with E-state index in [1.165, 1.54) is 64.3 Å². The number of hydrogen-bond acceptors (Lipinski definition) is 3. The average Bonchev–Trinajstić information content (AvgIpc) is 3.90. The van der Waals surface area contributed by atoms with Crippen LogP contribution in [-0.2, 0) is 0 Å². The molecular formula is C58H37NOS. The lowest BCUT2D eigenvalue weighted by Gasteiger charge is -2.26. The second-order valence-electron chi connectivity index (χ2n) is 15.7. The summed E-state index contributed by atoms with van der Waals surface area (Å²) in [4.78, 5) is 2.35. The highest BCUT2D eigenvalue weighted by Crippen LogP contribution is 2.41. The molecule has 0 aliphatic carbocycles. The van der Waals surface area contributed by atoms with Gasteiger partial charge in [-0.3, -0.25) is 0 Å². The molecule has 2 heterocycles. The Morgan fingerprint density at radius 2 is 0.770 bits per heavy atom. The van der Waals surface area contributed by atoms with Crippen LogP contribution in [0, 0.1) is 0 Å². The zero-order valence-corrected chi connectivity index (χ0v) is 33.9. The highest BCUT2D eigenvalue weighted by molar-refractivity contribution is 7.25. The van der Waals surface area contributed by atoms with E-state index in [4.69, 9.17) is 4.42 Å². The summed E-state index contributed by atoms with van der Waals surface area (Å²) >= 11 is 1.86. The first-order valence-electron chi connectivity index (χ1n) is 20.7. The van der Waals surface area contributed by atoms with Crippen LogP contribution in [0.1, 0.15) is 0 Å². The summed E-state index contributed by atoms with van der Waals surface area (Å²) in [6.45, 7) is 0. The third kappa shape index (κ3) is 6.35. The topological polar surface area (TPSA) is 16.4 Å². The van der Waals surface area contributed by atoms with Crippen molar-refractivity contribution in [1.29, 1.82) is 0 Å². The van der Waals surface area contributed by atoms with Gasteiger partial charge < -0.3 is 9.32 Å². The molecule has 0 spiro atoms. The Labute approximate surface area is 357 Å². The van der Waals surface area contributed by atoms with Crippen LogP contribution >= 0.6 is 11.3 Å². The molecule has 0 fully saturated rings. The van der Waals surface area contributed by atoms with Crippen molar-refractivity contribution in [3.8, 4) is 44.5 Å². The number of benzene rings is 10. The Bertz CT molecular complexity index is 3580. The summed E-state index contributed by atoms with van der Waals surface area (Å²) in [5.74, 6) is 0. The monoisotopic (exact) mass is 795 g/mol. The van der Waals surface area contributed by atoms with Gasteiger partial charge in [0.05, 0.1) is 0 Å². The van der Waals surface area contributed by atoms with Crippen molar-refractivity contribution in [2.75, 3.05) is 4.90 Å². The molecule has 0 unspecified atom stereocenters. The Hall–Kier alpha value is -7.72.